The Labute approximate surface area is 155 Å². The maximum absolute atomic E-state index is 13.3. The highest BCUT2D eigenvalue weighted by Crippen LogP contribution is 2.33. The van der Waals surface area contributed by atoms with E-state index in [1.807, 2.05) is 48.5 Å². The van der Waals surface area contributed by atoms with E-state index in [0.29, 0.717) is 12.1 Å². The average molecular weight is 350 g/mol. The molecule has 0 radical (unpaired) electrons. The fourth-order valence-corrected chi connectivity index (χ4v) is 3.78. The summed E-state index contributed by atoms with van der Waals surface area (Å²) in [6.45, 7) is 1.88. The molecule has 1 saturated carbocycles. The van der Waals surface area contributed by atoms with Gasteiger partial charge in [-0.05, 0) is 56.0 Å². The van der Waals surface area contributed by atoms with Crippen molar-refractivity contribution in [2.45, 2.75) is 37.8 Å². The summed E-state index contributed by atoms with van der Waals surface area (Å²) in [7, 11) is 1.67. The second-order valence-corrected chi connectivity index (χ2v) is 7.26. The van der Waals surface area contributed by atoms with Crippen molar-refractivity contribution in [2.75, 3.05) is 20.2 Å². The summed E-state index contributed by atoms with van der Waals surface area (Å²) < 4.78 is 5.53. The van der Waals surface area contributed by atoms with Crippen LogP contribution in [0.2, 0.25) is 0 Å². The topological polar surface area (TPSA) is 41.6 Å². The lowest BCUT2D eigenvalue weighted by molar-refractivity contribution is 0.0728. The van der Waals surface area contributed by atoms with Gasteiger partial charge in [0.15, 0.2) is 0 Å². The average Bonchev–Trinajstić information content (AvgIpc) is 3.41. The maximum Gasteiger partial charge on any atom is 0.254 e. The Balaban J connectivity index is 1.62. The number of nitrogens with one attached hydrogen (secondary N) is 1. The van der Waals surface area contributed by atoms with Crippen LogP contribution in [0, 0.1) is 0 Å². The molecule has 1 aliphatic carbocycles. The predicted molar refractivity (Wildman–Crippen MR) is 104 cm³/mol. The van der Waals surface area contributed by atoms with Gasteiger partial charge in [0.1, 0.15) is 5.75 Å². The molecule has 1 atom stereocenters. The third-order valence-electron chi connectivity index (χ3n) is 5.36. The predicted octanol–water partition coefficient (Wildman–Crippen LogP) is 3.72. The van der Waals surface area contributed by atoms with Gasteiger partial charge in [-0.2, -0.15) is 0 Å². The lowest BCUT2D eigenvalue weighted by atomic mass is 10.0. The van der Waals surface area contributed by atoms with E-state index in [-0.39, 0.29) is 5.91 Å². The highest BCUT2D eigenvalue weighted by Gasteiger charge is 2.35. The molecular formula is C22H26N2O2. The van der Waals surface area contributed by atoms with Crippen molar-refractivity contribution < 1.29 is 9.53 Å². The number of benzene rings is 2. The van der Waals surface area contributed by atoms with Crippen molar-refractivity contribution in [3.63, 3.8) is 0 Å². The molecule has 1 unspecified atom stereocenters. The molecule has 1 saturated heterocycles. The van der Waals surface area contributed by atoms with Crippen LogP contribution in [-0.2, 0) is 0 Å². The second kappa shape index (κ2) is 7.50. The largest absolute Gasteiger partial charge is 0.496 e. The number of methoxy groups -OCH3 is 1. The van der Waals surface area contributed by atoms with Crippen LogP contribution in [0.5, 0.6) is 5.75 Å². The normalized spacial score (nSPS) is 19.3. The maximum atomic E-state index is 13.3. The molecule has 4 heteroatoms. The summed E-state index contributed by atoms with van der Waals surface area (Å²) in [5, 5.41) is 3.52. The van der Waals surface area contributed by atoms with Crippen LogP contribution in [0.15, 0.2) is 48.5 Å². The van der Waals surface area contributed by atoms with Gasteiger partial charge in [-0.3, -0.25) is 4.79 Å². The molecule has 136 valence electrons. The van der Waals surface area contributed by atoms with Crippen LogP contribution < -0.4 is 10.1 Å². The van der Waals surface area contributed by atoms with Crippen molar-refractivity contribution in [3.05, 3.63) is 54.1 Å². The number of amides is 1. The Morgan fingerprint density at radius 3 is 2.62 bits per heavy atom. The molecule has 2 aliphatic rings. The zero-order chi connectivity index (χ0) is 17.9. The van der Waals surface area contributed by atoms with Crippen molar-refractivity contribution in [3.8, 4) is 16.9 Å². The minimum atomic E-state index is 0.140. The molecule has 4 nitrogen and oxygen atoms in total. The standard InChI is InChI=1S/C22H26N2O2/c1-26-21-12-9-17(14-20(21)16-6-3-2-4-7-16)22(25)24(19-10-11-19)15-18-8-5-13-23-18/h2-4,6-7,9,12,14,18-19,23H,5,8,10-11,13,15H2,1H3. The first-order valence-corrected chi connectivity index (χ1v) is 9.54. The monoisotopic (exact) mass is 350 g/mol. The fraction of sp³-hybridized carbons (Fsp3) is 0.409. The highest BCUT2D eigenvalue weighted by molar-refractivity contribution is 5.96. The molecule has 1 amide bonds. The van der Waals surface area contributed by atoms with Gasteiger partial charge in [0, 0.05) is 29.8 Å². The van der Waals surface area contributed by atoms with Crippen molar-refractivity contribution in [1.29, 1.82) is 0 Å². The van der Waals surface area contributed by atoms with Crippen LogP contribution in [0.4, 0.5) is 0 Å². The van der Waals surface area contributed by atoms with Gasteiger partial charge in [-0.15, -0.1) is 0 Å². The van der Waals surface area contributed by atoms with Crippen LogP contribution in [0.3, 0.4) is 0 Å². The Bertz CT molecular complexity index is 765. The number of hydrogen-bond donors (Lipinski definition) is 1. The summed E-state index contributed by atoms with van der Waals surface area (Å²) in [5.74, 6) is 0.934. The number of carbonyl (C=O) groups excluding carboxylic acids is 1. The van der Waals surface area contributed by atoms with Crippen LogP contribution in [0.25, 0.3) is 11.1 Å². The molecule has 1 aliphatic heterocycles. The van der Waals surface area contributed by atoms with Gasteiger partial charge in [-0.25, -0.2) is 0 Å². The van der Waals surface area contributed by atoms with Gasteiger partial charge < -0.3 is 15.0 Å². The molecule has 4 rings (SSSR count). The van der Waals surface area contributed by atoms with E-state index >= 15 is 0 Å². The number of carbonyl (C=O) groups is 1. The van der Waals surface area contributed by atoms with Gasteiger partial charge in [0.25, 0.3) is 5.91 Å². The third kappa shape index (κ3) is 3.61. The number of hydrogen-bond acceptors (Lipinski definition) is 3. The third-order valence-corrected chi connectivity index (χ3v) is 5.36. The fourth-order valence-electron chi connectivity index (χ4n) is 3.78. The van der Waals surface area contributed by atoms with E-state index in [2.05, 4.69) is 10.2 Å². The van der Waals surface area contributed by atoms with Gasteiger partial charge in [-0.1, -0.05) is 30.3 Å². The Kier molecular flexibility index (Phi) is 4.93. The molecular weight excluding hydrogens is 324 g/mol. The summed E-state index contributed by atoms with van der Waals surface area (Å²) in [5.41, 5.74) is 2.78. The SMILES string of the molecule is COc1ccc(C(=O)N(CC2CCCN2)C2CC2)cc1-c1ccccc1. The van der Waals surface area contributed by atoms with E-state index in [1.54, 1.807) is 7.11 Å². The first-order valence-electron chi connectivity index (χ1n) is 9.54. The molecule has 0 bridgehead atoms. The summed E-state index contributed by atoms with van der Waals surface area (Å²) in [4.78, 5) is 15.3. The van der Waals surface area contributed by atoms with Crippen LogP contribution in [-0.4, -0.2) is 43.1 Å². The molecule has 2 fully saturated rings. The Hall–Kier alpha value is -2.33. The first-order chi connectivity index (χ1) is 12.8. The van der Waals surface area contributed by atoms with E-state index in [4.69, 9.17) is 4.74 Å². The Morgan fingerprint density at radius 2 is 1.96 bits per heavy atom. The Morgan fingerprint density at radius 1 is 1.15 bits per heavy atom. The smallest absolute Gasteiger partial charge is 0.254 e. The summed E-state index contributed by atoms with van der Waals surface area (Å²) in [6, 6.07) is 16.7. The lowest BCUT2D eigenvalue weighted by Crippen LogP contribution is -2.42. The number of nitrogens with zero attached hydrogens (tertiary/aromatic N) is 1. The summed E-state index contributed by atoms with van der Waals surface area (Å²) >= 11 is 0. The van der Waals surface area contributed by atoms with Crippen LogP contribution in [0.1, 0.15) is 36.0 Å². The van der Waals surface area contributed by atoms with Gasteiger partial charge in [0.2, 0.25) is 0 Å². The van der Waals surface area contributed by atoms with Gasteiger partial charge >= 0.3 is 0 Å². The molecule has 1 N–H and O–H groups in total. The van der Waals surface area contributed by atoms with Crippen LogP contribution >= 0.6 is 0 Å². The van der Waals surface area contributed by atoms with Crippen molar-refractivity contribution in [1.82, 2.24) is 10.2 Å². The minimum Gasteiger partial charge on any atom is -0.496 e. The zero-order valence-corrected chi connectivity index (χ0v) is 15.3. The second-order valence-electron chi connectivity index (χ2n) is 7.26. The van der Waals surface area contributed by atoms with E-state index < -0.39 is 0 Å². The number of ether oxygens (including phenoxy) is 1. The van der Waals surface area contributed by atoms with Crippen molar-refractivity contribution in [2.24, 2.45) is 0 Å². The molecule has 0 spiro atoms. The van der Waals surface area contributed by atoms with E-state index in [1.165, 1.54) is 6.42 Å². The molecule has 2 aromatic rings. The van der Waals surface area contributed by atoms with Crippen molar-refractivity contribution >= 4 is 5.91 Å². The summed E-state index contributed by atoms with van der Waals surface area (Å²) in [6.07, 6.45) is 4.62. The highest BCUT2D eigenvalue weighted by atomic mass is 16.5. The lowest BCUT2D eigenvalue weighted by Gasteiger charge is -2.26. The van der Waals surface area contributed by atoms with E-state index in [9.17, 15) is 4.79 Å². The minimum absolute atomic E-state index is 0.140. The molecule has 2 aromatic carbocycles. The molecule has 26 heavy (non-hydrogen) atoms. The quantitative estimate of drug-likeness (QED) is 0.863. The van der Waals surface area contributed by atoms with Gasteiger partial charge in [0.05, 0.1) is 7.11 Å². The number of rotatable bonds is 6. The molecule has 0 aromatic heterocycles. The first kappa shape index (κ1) is 17.1. The zero-order valence-electron chi connectivity index (χ0n) is 15.3. The molecule has 1 heterocycles. The van der Waals surface area contributed by atoms with E-state index in [0.717, 1.165) is 54.8 Å².